The lowest BCUT2D eigenvalue weighted by molar-refractivity contribution is -0.168. The Kier molecular flexibility index (Phi) is 3.22. The van der Waals surface area contributed by atoms with Gasteiger partial charge in [0, 0.05) is 12.8 Å². The number of benzene rings is 1. The van der Waals surface area contributed by atoms with Crippen LogP contribution in [0.4, 0.5) is 4.39 Å². The van der Waals surface area contributed by atoms with Crippen molar-refractivity contribution in [2.45, 2.75) is 24.9 Å². The first-order chi connectivity index (χ1) is 8.13. The van der Waals surface area contributed by atoms with E-state index in [0.717, 1.165) is 0 Å². The Morgan fingerprint density at radius 3 is 2.71 bits per heavy atom. The first kappa shape index (κ1) is 11.8. The number of ether oxygens (including phenoxy) is 1. The van der Waals surface area contributed by atoms with Gasteiger partial charge >= 0.3 is 5.97 Å². The van der Waals surface area contributed by atoms with Crippen LogP contribution in [0, 0.1) is 0 Å². The fourth-order valence-corrected chi connectivity index (χ4v) is 1.87. The van der Waals surface area contributed by atoms with Gasteiger partial charge in [0.15, 0.2) is 5.78 Å². The lowest BCUT2D eigenvalue weighted by Gasteiger charge is -2.26. The van der Waals surface area contributed by atoms with Crippen molar-refractivity contribution in [2.24, 2.45) is 0 Å². The van der Waals surface area contributed by atoms with E-state index >= 15 is 0 Å². The maximum absolute atomic E-state index is 14.2. The van der Waals surface area contributed by atoms with Crippen LogP contribution in [-0.2, 0) is 20.7 Å². The van der Waals surface area contributed by atoms with Crippen LogP contribution in [-0.4, -0.2) is 24.0 Å². The minimum absolute atomic E-state index is 0.0719. The summed E-state index contributed by atoms with van der Waals surface area (Å²) < 4.78 is 18.8. The van der Waals surface area contributed by atoms with Gasteiger partial charge in [-0.1, -0.05) is 30.3 Å². The third-order valence-corrected chi connectivity index (χ3v) is 2.87. The Morgan fingerprint density at radius 2 is 2.06 bits per heavy atom. The zero-order chi connectivity index (χ0) is 12.3. The fraction of sp³-hybridized carbons (Fsp3) is 0.385. The van der Waals surface area contributed by atoms with Crippen molar-refractivity contribution >= 4 is 11.8 Å². The molecule has 2 rings (SSSR count). The SMILES string of the molecule is O=C(Cc1ccccc1)[C@]1(F)CCCOC1=O. The quantitative estimate of drug-likeness (QED) is 0.594. The number of halogens is 1. The van der Waals surface area contributed by atoms with E-state index in [2.05, 4.69) is 4.74 Å². The molecule has 1 aliphatic heterocycles. The van der Waals surface area contributed by atoms with Crippen molar-refractivity contribution in [1.29, 1.82) is 0 Å². The van der Waals surface area contributed by atoms with Crippen molar-refractivity contribution in [3.63, 3.8) is 0 Å². The van der Waals surface area contributed by atoms with E-state index in [1.54, 1.807) is 24.3 Å². The summed E-state index contributed by atoms with van der Waals surface area (Å²) in [5.74, 6) is -1.75. The fourth-order valence-electron chi connectivity index (χ4n) is 1.87. The molecule has 1 aromatic carbocycles. The Hall–Kier alpha value is -1.71. The maximum Gasteiger partial charge on any atom is 0.351 e. The molecular formula is C13H13FO3. The molecule has 0 aromatic heterocycles. The van der Waals surface area contributed by atoms with Crippen molar-refractivity contribution < 1.29 is 18.7 Å². The summed E-state index contributed by atoms with van der Waals surface area (Å²) in [6.45, 7) is 0.198. The molecule has 1 fully saturated rings. The van der Waals surface area contributed by atoms with Gasteiger partial charge in [0.05, 0.1) is 6.61 Å². The molecule has 0 bridgehead atoms. The molecule has 1 heterocycles. The second-order valence-corrected chi connectivity index (χ2v) is 4.13. The second-order valence-electron chi connectivity index (χ2n) is 4.13. The highest BCUT2D eigenvalue weighted by Gasteiger charge is 2.48. The van der Waals surface area contributed by atoms with Crippen LogP contribution in [0.15, 0.2) is 30.3 Å². The highest BCUT2D eigenvalue weighted by molar-refractivity contribution is 6.08. The Labute approximate surface area is 98.6 Å². The van der Waals surface area contributed by atoms with Crippen LogP contribution >= 0.6 is 0 Å². The molecule has 0 unspecified atom stereocenters. The summed E-state index contributed by atoms with van der Waals surface area (Å²) in [5, 5.41) is 0. The Morgan fingerprint density at radius 1 is 1.35 bits per heavy atom. The van der Waals surface area contributed by atoms with E-state index < -0.39 is 17.4 Å². The minimum Gasteiger partial charge on any atom is -0.463 e. The molecule has 1 aromatic rings. The predicted octanol–water partition coefficient (Wildman–Crippen LogP) is 1.84. The van der Waals surface area contributed by atoms with Crippen LogP contribution in [0.5, 0.6) is 0 Å². The van der Waals surface area contributed by atoms with Crippen LogP contribution in [0.1, 0.15) is 18.4 Å². The standard InChI is InChI=1S/C13H13FO3/c14-13(7-4-8-17-12(13)16)11(15)9-10-5-2-1-3-6-10/h1-3,5-6H,4,7-9H2/t13-/m1/s1. The van der Waals surface area contributed by atoms with E-state index in [1.807, 2.05) is 6.07 Å². The summed E-state index contributed by atoms with van der Waals surface area (Å²) in [6.07, 6.45) is 0.243. The second kappa shape index (κ2) is 4.65. The normalized spacial score (nSPS) is 24.2. The number of Topliss-reactive ketones (excluding diaryl/α,β-unsaturated/α-hetero) is 1. The van der Waals surface area contributed by atoms with Crippen molar-refractivity contribution in [1.82, 2.24) is 0 Å². The molecule has 0 saturated carbocycles. The minimum atomic E-state index is -2.45. The average molecular weight is 236 g/mol. The van der Waals surface area contributed by atoms with E-state index in [0.29, 0.717) is 12.0 Å². The highest BCUT2D eigenvalue weighted by atomic mass is 19.1. The first-order valence-electron chi connectivity index (χ1n) is 5.56. The van der Waals surface area contributed by atoms with Crippen LogP contribution in [0.25, 0.3) is 0 Å². The first-order valence-corrected chi connectivity index (χ1v) is 5.56. The zero-order valence-electron chi connectivity index (χ0n) is 9.32. The van der Waals surface area contributed by atoms with Gasteiger partial charge < -0.3 is 4.74 Å². The lowest BCUT2D eigenvalue weighted by atomic mass is 9.89. The number of carbonyl (C=O) groups excluding carboxylic acids is 2. The Balaban J connectivity index is 2.11. The average Bonchev–Trinajstić information content (AvgIpc) is 2.34. The Bertz CT molecular complexity index is 430. The zero-order valence-corrected chi connectivity index (χ0v) is 9.32. The molecule has 0 amide bonds. The molecule has 3 nitrogen and oxygen atoms in total. The van der Waals surface area contributed by atoms with Crippen LogP contribution in [0.3, 0.4) is 0 Å². The number of rotatable bonds is 3. The van der Waals surface area contributed by atoms with E-state index in [1.165, 1.54) is 0 Å². The molecular weight excluding hydrogens is 223 g/mol. The number of hydrogen-bond acceptors (Lipinski definition) is 3. The lowest BCUT2D eigenvalue weighted by Crippen LogP contribution is -2.47. The number of carbonyl (C=O) groups is 2. The van der Waals surface area contributed by atoms with E-state index in [9.17, 15) is 14.0 Å². The smallest absolute Gasteiger partial charge is 0.351 e. The molecule has 0 N–H and O–H groups in total. The van der Waals surface area contributed by atoms with Gasteiger partial charge in [0.25, 0.3) is 5.67 Å². The molecule has 17 heavy (non-hydrogen) atoms. The van der Waals surface area contributed by atoms with E-state index in [-0.39, 0.29) is 19.4 Å². The van der Waals surface area contributed by atoms with E-state index in [4.69, 9.17) is 0 Å². The number of alkyl halides is 1. The van der Waals surface area contributed by atoms with Gasteiger partial charge in [-0.25, -0.2) is 9.18 Å². The van der Waals surface area contributed by atoms with Crippen molar-refractivity contribution in [2.75, 3.05) is 6.61 Å². The van der Waals surface area contributed by atoms with Gasteiger partial charge in [0.1, 0.15) is 0 Å². The van der Waals surface area contributed by atoms with Crippen molar-refractivity contribution in [3.8, 4) is 0 Å². The summed E-state index contributed by atoms with van der Waals surface area (Å²) >= 11 is 0. The molecule has 1 saturated heterocycles. The van der Waals surface area contributed by atoms with Gasteiger partial charge in [-0.15, -0.1) is 0 Å². The third-order valence-electron chi connectivity index (χ3n) is 2.87. The molecule has 90 valence electrons. The van der Waals surface area contributed by atoms with Crippen molar-refractivity contribution in [3.05, 3.63) is 35.9 Å². The monoisotopic (exact) mass is 236 g/mol. The molecule has 1 aliphatic rings. The number of cyclic esters (lactones) is 1. The summed E-state index contributed by atoms with van der Waals surface area (Å²) in [5.41, 5.74) is -1.75. The number of hydrogen-bond donors (Lipinski definition) is 0. The van der Waals surface area contributed by atoms with Gasteiger partial charge in [0.2, 0.25) is 0 Å². The third kappa shape index (κ3) is 2.35. The number of esters is 1. The molecule has 4 heteroatoms. The van der Waals surface area contributed by atoms with Gasteiger partial charge in [-0.05, 0) is 12.0 Å². The van der Waals surface area contributed by atoms with Crippen LogP contribution in [0.2, 0.25) is 0 Å². The summed E-state index contributed by atoms with van der Waals surface area (Å²) in [4.78, 5) is 23.2. The van der Waals surface area contributed by atoms with Gasteiger partial charge in [-0.3, -0.25) is 4.79 Å². The highest BCUT2D eigenvalue weighted by Crippen LogP contribution is 2.27. The van der Waals surface area contributed by atoms with Crippen LogP contribution < -0.4 is 0 Å². The summed E-state index contributed by atoms with van der Waals surface area (Å²) in [7, 11) is 0. The molecule has 0 aliphatic carbocycles. The van der Waals surface area contributed by atoms with Gasteiger partial charge in [-0.2, -0.15) is 0 Å². The predicted molar refractivity (Wildman–Crippen MR) is 59.2 cm³/mol. The largest absolute Gasteiger partial charge is 0.463 e. The topological polar surface area (TPSA) is 43.4 Å². The molecule has 0 spiro atoms. The summed E-state index contributed by atoms with van der Waals surface area (Å²) in [6, 6.07) is 8.82. The molecule has 1 atom stereocenters. The maximum atomic E-state index is 14.2. The molecule has 0 radical (unpaired) electrons. The number of ketones is 1.